The highest BCUT2D eigenvalue weighted by Gasteiger charge is 2.33. The lowest BCUT2D eigenvalue weighted by atomic mass is 9.79. The summed E-state index contributed by atoms with van der Waals surface area (Å²) < 4.78 is 21.8. The lowest BCUT2D eigenvalue weighted by molar-refractivity contribution is 0.0757. The molecule has 3 aromatic heterocycles. The Morgan fingerprint density at radius 3 is 2.92 bits per heavy atom. The van der Waals surface area contributed by atoms with Crippen LogP contribution in [0.15, 0.2) is 67.0 Å². The molecule has 38 heavy (non-hydrogen) atoms. The second-order valence-electron chi connectivity index (χ2n) is 9.87. The van der Waals surface area contributed by atoms with Crippen LogP contribution in [0.2, 0.25) is 0 Å². The number of fused-ring (bicyclic) bond motifs is 3. The molecular formula is C30H24FN5O2. The van der Waals surface area contributed by atoms with Crippen molar-refractivity contribution in [1.29, 1.82) is 5.26 Å². The number of carbonyl (C=O) groups excluding carboxylic acids is 1. The summed E-state index contributed by atoms with van der Waals surface area (Å²) in [6.45, 7) is 2.75. The maximum absolute atomic E-state index is 14.4. The van der Waals surface area contributed by atoms with Gasteiger partial charge < -0.3 is 14.6 Å². The third-order valence-corrected chi connectivity index (χ3v) is 7.17. The first-order valence-electron chi connectivity index (χ1n) is 12.3. The minimum Gasteiger partial charge on any atom is -0.375 e. The smallest absolute Gasteiger partial charge is 0.251 e. The van der Waals surface area contributed by atoms with E-state index >= 15 is 0 Å². The van der Waals surface area contributed by atoms with Gasteiger partial charge in [0.2, 0.25) is 0 Å². The molecule has 0 saturated carbocycles. The number of carbonyl (C=O) groups is 1. The van der Waals surface area contributed by atoms with E-state index in [1.807, 2.05) is 55.1 Å². The number of benzene rings is 2. The predicted octanol–water partition coefficient (Wildman–Crippen LogP) is 5.17. The van der Waals surface area contributed by atoms with Crippen molar-refractivity contribution in [2.24, 2.45) is 7.05 Å². The van der Waals surface area contributed by atoms with Crippen LogP contribution in [0, 0.1) is 17.1 Å². The molecule has 1 atom stereocenters. The molecule has 1 aliphatic rings. The Bertz CT molecular complexity index is 1790. The van der Waals surface area contributed by atoms with Crippen LogP contribution in [0.5, 0.6) is 0 Å². The lowest BCUT2D eigenvalue weighted by Gasteiger charge is -2.30. The van der Waals surface area contributed by atoms with Crippen LogP contribution in [-0.2, 0) is 30.4 Å². The number of aryl methyl sites for hydroxylation is 1. The van der Waals surface area contributed by atoms with Crippen molar-refractivity contribution in [2.75, 3.05) is 6.61 Å². The summed E-state index contributed by atoms with van der Waals surface area (Å²) in [4.78, 5) is 22.2. The van der Waals surface area contributed by atoms with E-state index in [0.29, 0.717) is 35.7 Å². The van der Waals surface area contributed by atoms with E-state index in [9.17, 15) is 14.4 Å². The van der Waals surface area contributed by atoms with Gasteiger partial charge in [0.15, 0.2) is 0 Å². The van der Waals surface area contributed by atoms with Crippen molar-refractivity contribution in [1.82, 2.24) is 19.9 Å². The molecule has 188 valence electrons. The minimum absolute atomic E-state index is 0.208. The van der Waals surface area contributed by atoms with E-state index in [-0.39, 0.29) is 18.3 Å². The molecule has 1 aliphatic heterocycles. The van der Waals surface area contributed by atoms with E-state index in [1.165, 1.54) is 12.1 Å². The van der Waals surface area contributed by atoms with E-state index < -0.39 is 5.41 Å². The van der Waals surface area contributed by atoms with Crippen LogP contribution in [-0.4, -0.2) is 27.0 Å². The summed E-state index contributed by atoms with van der Waals surface area (Å²) in [5.41, 5.74) is 4.95. The summed E-state index contributed by atoms with van der Waals surface area (Å²) >= 11 is 0. The minimum atomic E-state index is -0.792. The number of pyridine rings is 2. The first kappa shape index (κ1) is 23.8. The average molecular weight is 506 g/mol. The lowest BCUT2D eigenvalue weighted by Crippen LogP contribution is -2.33. The summed E-state index contributed by atoms with van der Waals surface area (Å²) in [7, 11) is 1.88. The molecule has 7 nitrogen and oxygen atoms in total. The fourth-order valence-corrected chi connectivity index (χ4v) is 5.02. The third-order valence-electron chi connectivity index (χ3n) is 7.17. The number of hydrogen-bond acceptors (Lipinski definition) is 5. The zero-order chi connectivity index (χ0) is 26.4. The molecule has 0 radical (unpaired) electrons. The van der Waals surface area contributed by atoms with Crippen LogP contribution in [0.3, 0.4) is 0 Å². The van der Waals surface area contributed by atoms with Crippen molar-refractivity contribution in [3.05, 3.63) is 95.2 Å². The number of nitriles is 1. The van der Waals surface area contributed by atoms with Gasteiger partial charge in [-0.2, -0.15) is 5.26 Å². The van der Waals surface area contributed by atoms with Gasteiger partial charge in [-0.15, -0.1) is 0 Å². The first-order valence-corrected chi connectivity index (χ1v) is 12.3. The second-order valence-corrected chi connectivity index (χ2v) is 9.87. The number of ether oxygens (including phenoxy) is 1. The van der Waals surface area contributed by atoms with Crippen LogP contribution in [0.25, 0.3) is 33.1 Å². The monoisotopic (exact) mass is 505 g/mol. The summed E-state index contributed by atoms with van der Waals surface area (Å²) in [6.07, 6.45) is 3.62. The van der Waals surface area contributed by atoms with Crippen molar-refractivity contribution < 1.29 is 13.9 Å². The molecular weight excluding hydrogens is 481 g/mol. The van der Waals surface area contributed by atoms with Gasteiger partial charge in [-0.1, -0.05) is 6.07 Å². The van der Waals surface area contributed by atoms with Gasteiger partial charge in [0.25, 0.3) is 5.91 Å². The van der Waals surface area contributed by atoms with Crippen LogP contribution < -0.4 is 5.32 Å². The Hall–Kier alpha value is -4.61. The number of halogens is 1. The highest BCUT2D eigenvalue weighted by molar-refractivity contribution is 5.96. The highest BCUT2D eigenvalue weighted by Crippen LogP contribution is 2.33. The van der Waals surface area contributed by atoms with Gasteiger partial charge in [-0.25, -0.2) is 9.37 Å². The van der Waals surface area contributed by atoms with Gasteiger partial charge in [-0.05, 0) is 66.6 Å². The summed E-state index contributed by atoms with van der Waals surface area (Å²) in [6, 6.07) is 18.3. The number of aromatic nitrogens is 3. The average Bonchev–Trinajstić information content (AvgIpc) is 3.31. The fraction of sp³-hybridized carbons (Fsp3) is 0.200. The first-order chi connectivity index (χ1) is 18.3. The molecule has 5 aromatic rings. The van der Waals surface area contributed by atoms with E-state index in [1.54, 1.807) is 18.3 Å². The standard InChI is InChI=1S/C30H24FN5O2/c1-30(16-32)17-38-15-20-4-3-18(9-25(20)30)29(37)34-14-22-12-27-19(13-33-22)5-6-26(35-27)24-10-21(31)11-28-23(24)7-8-36(28)2/h3-13H,14-15,17H2,1-2H3,(H,34,37)/t30-/m1/s1. The molecule has 0 saturated heterocycles. The zero-order valence-corrected chi connectivity index (χ0v) is 21.0. The Morgan fingerprint density at radius 1 is 1.21 bits per heavy atom. The molecule has 6 rings (SSSR count). The molecule has 1 N–H and O–H groups in total. The van der Waals surface area contributed by atoms with Crippen LogP contribution in [0.1, 0.15) is 34.1 Å². The van der Waals surface area contributed by atoms with E-state index in [0.717, 1.165) is 33.0 Å². The normalized spacial score (nSPS) is 16.8. The Morgan fingerprint density at radius 2 is 2.08 bits per heavy atom. The Balaban J connectivity index is 1.26. The molecule has 0 bridgehead atoms. The number of amides is 1. The topological polar surface area (TPSA) is 92.8 Å². The maximum atomic E-state index is 14.4. The molecule has 0 fully saturated rings. The van der Waals surface area contributed by atoms with Crippen LogP contribution in [0.4, 0.5) is 4.39 Å². The Kier molecular flexibility index (Phi) is 5.66. The van der Waals surface area contributed by atoms with E-state index in [2.05, 4.69) is 16.4 Å². The predicted molar refractivity (Wildman–Crippen MR) is 142 cm³/mol. The Labute approximate surface area is 218 Å². The van der Waals surface area contributed by atoms with Crippen molar-refractivity contribution >= 4 is 27.7 Å². The SMILES string of the molecule is Cn1ccc2c(-c3ccc4cnc(CNC(=O)c5ccc6c(c5)[C@](C)(C#N)COC6)cc4n3)cc(F)cc21. The largest absolute Gasteiger partial charge is 0.375 e. The number of nitrogens with one attached hydrogen (secondary N) is 1. The molecule has 2 aromatic carbocycles. The van der Waals surface area contributed by atoms with Gasteiger partial charge in [0.05, 0.1) is 48.2 Å². The van der Waals surface area contributed by atoms with E-state index in [4.69, 9.17) is 9.72 Å². The number of hydrogen-bond donors (Lipinski definition) is 1. The third kappa shape index (κ3) is 4.07. The second kappa shape index (κ2) is 9.05. The molecule has 0 spiro atoms. The number of rotatable bonds is 4. The van der Waals surface area contributed by atoms with Gasteiger partial charge in [0.1, 0.15) is 11.2 Å². The highest BCUT2D eigenvalue weighted by atomic mass is 19.1. The van der Waals surface area contributed by atoms with Gasteiger partial charge >= 0.3 is 0 Å². The fourth-order valence-electron chi connectivity index (χ4n) is 5.02. The molecule has 0 unspecified atom stereocenters. The number of nitrogens with zero attached hydrogens (tertiary/aromatic N) is 4. The molecule has 8 heteroatoms. The van der Waals surface area contributed by atoms with Crippen molar-refractivity contribution in [3.8, 4) is 17.3 Å². The van der Waals surface area contributed by atoms with Gasteiger partial charge in [-0.3, -0.25) is 9.78 Å². The zero-order valence-electron chi connectivity index (χ0n) is 21.0. The van der Waals surface area contributed by atoms with Crippen molar-refractivity contribution in [3.63, 3.8) is 0 Å². The molecule has 0 aliphatic carbocycles. The quantitative estimate of drug-likeness (QED) is 0.364. The van der Waals surface area contributed by atoms with Crippen LogP contribution >= 0.6 is 0 Å². The summed E-state index contributed by atoms with van der Waals surface area (Å²) in [5.74, 6) is -0.575. The maximum Gasteiger partial charge on any atom is 0.251 e. The van der Waals surface area contributed by atoms with Gasteiger partial charge in [0, 0.05) is 41.3 Å². The summed E-state index contributed by atoms with van der Waals surface area (Å²) in [5, 5.41) is 14.3. The molecule has 1 amide bonds. The molecule has 4 heterocycles. The van der Waals surface area contributed by atoms with Crippen molar-refractivity contribution in [2.45, 2.75) is 25.5 Å².